The highest BCUT2D eigenvalue weighted by molar-refractivity contribution is 5.91. The molecule has 0 spiro atoms. The first kappa shape index (κ1) is 41.4. The highest BCUT2D eigenvalue weighted by Crippen LogP contribution is 2.55. The number of benzene rings is 3. The number of hydrogen-bond donors (Lipinski definition) is 5. The number of fused-ring (bicyclic) bond motifs is 3. The van der Waals surface area contributed by atoms with Crippen molar-refractivity contribution in [3.8, 4) is 33.6 Å². The molecule has 4 aliphatic heterocycles. The standard InChI is InChI=1S/C49H54N8O8/c1-63-49(62)55-43(29-12-16-65-17-13-29)47(59)57-39-21-35(39)23-41(57)45-51-25-37(53-45)33-9-8-31-18-30(6-7-32(31)19-33)26-2-4-27(5-3-26)36-24-50-44(52-36)40-22-34-20-38(34)56(40)46(58)42(54-48(60)61)28-10-14-64-15-11-28/h2-9,18-19,24-25,28-29,34-35,38-43,54H,10-17,20-23H2,1H3,(H,50,52)(H,51,53)(H,55,62)(H,60,61)/t34-,35-,38-,39-,40+,41+,42?,43?/m1/s1. The molecule has 2 aliphatic carbocycles. The molecule has 6 heterocycles. The molecule has 2 aromatic heterocycles. The van der Waals surface area contributed by atoms with E-state index in [4.69, 9.17) is 24.2 Å². The van der Waals surface area contributed by atoms with Crippen molar-refractivity contribution in [1.29, 1.82) is 0 Å². The summed E-state index contributed by atoms with van der Waals surface area (Å²) in [5, 5.41) is 17.2. The zero-order valence-electron chi connectivity index (χ0n) is 36.3. The van der Waals surface area contributed by atoms with Gasteiger partial charge in [-0.1, -0.05) is 48.5 Å². The van der Waals surface area contributed by atoms with E-state index in [9.17, 15) is 24.3 Å². The largest absolute Gasteiger partial charge is 0.465 e. The second kappa shape index (κ2) is 16.9. The van der Waals surface area contributed by atoms with E-state index in [1.54, 1.807) is 0 Å². The molecule has 0 bridgehead atoms. The summed E-state index contributed by atoms with van der Waals surface area (Å²) < 4.78 is 16.0. The van der Waals surface area contributed by atoms with Gasteiger partial charge in [0.1, 0.15) is 23.7 Å². The first-order valence-corrected chi connectivity index (χ1v) is 23.1. The van der Waals surface area contributed by atoms with Gasteiger partial charge < -0.3 is 49.7 Å². The highest BCUT2D eigenvalue weighted by atomic mass is 16.5. The topological polar surface area (TPSA) is 204 Å². The number of nitrogens with one attached hydrogen (secondary N) is 4. The summed E-state index contributed by atoms with van der Waals surface area (Å²) >= 11 is 0. The van der Waals surface area contributed by atoms with Crippen LogP contribution in [0.5, 0.6) is 0 Å². The van der Waals surface area contributed by atoms with Crippen molar-refractivity contribution in [3.63, 3.8) is 0 Å². The molecular weight excluding hydrogens is 829 g/mol. The smallest absolute Gasteiger partial charge is 0.407 e. The Morgan fingerprint density at radius 3 is 1.63 bits per heavy atom. The number of rotatable bonds is 11. The second-order valence-corrected chi connectivity index (χ2v) is 18.8. The Kier molecular flexibility index (Phi) is 10.8. The normalized spacial score (nSPS) is 26.0. The van der Waals surface area contributed by atoms with Gasteiger partial charge in [0.2, 0.25) is 11.8 Å². The Bertz CT molecular complexity index is 2620. The van der Waals surface area contributed by atoms with Gasteiger partial charge >= 0.3 is 12.2 Å². The maximum atomic E-state index is 14.3. The van der Waals surface area contributed by atoms with Crippen molar-refractivity contribution in [2.24, 2.45) is 23.7 Å². The van der Waals surface area contributed by atoms with E-state index in [1.165, 1.54) is 7.11 Å². The minimum Gasteiger partial charge on any atom is -0.465 e. The monoisotopic (exact) mass is 882 g/mol. The molecule has 0 radical (unpaired) electrons. The average Bonchev–Trinajstić information content (AvgIpc) is 3.92. The van der Waals surface area contributed by atoms with Gasteiger partial charge in [0.05, 0.1) is 43.0 Å². The van der Waals surface area contributed by atoms with Crippen LogP contribution in [0.1, 0.15) is 75.1 Å². The number of alkyl carbamates (subject to hydrolysis) is 1. The van der Waals surface area contributed by atoms with Crippen molar-refractivity contribution in [2.75, 3.05) is 33.5 Å². The summed E-state index contributed by atoms with van der Waals surface area (Å²) in [5.41, 5.74) is 5.87. The fraction of sp³-hybridized carbons (Fsp3) is 0.469. The average molecular weight is 883 g/mol. The van der Waals surface area contributed by atoms with E-state index in [2.05, 4.69) is 81.3 Å². The second-order valence-electron chi connectivity index (χ2n) is 18.8. The lowest BCUT2D eigenvalue weighted by atomic mass is 9.90. The number of nitrogens with zero attached hydrogens (tertiary/aromatic N) is 4. The Balaban J connectivity index is 0.769. The number of likely N-dealkylation sites (tertiary alicyclic amines) is 2. The van der Waals surface area contributed by atoms with Gasteiger partial charge in [-0.15, -0.1) is 0 Å². The number of amides is 4. The number of ether oxygens (including phenoxy) is 3. The number of carbonyl (C=O) groups is 4. The van der Waals surface area contributed by atoms with Crippen LogP contribution in [0.4, 0.5) is 9.59 Å². The van der Waals surface area contributed by atoms with Crippen LogP contribution in [0.2, 0.25) is 0 Å². The van der Waals surface area contributed by atoms with Gasteiger partial charge in [-0.2, -0.15) is 0 Å². The van der Waals surface area contributed by atoms with Gasteiger partial charge in [-0.3, -0.25) is 9.59 Å². The number of imidazole rings is 2. The van der Waals surface area contributed by atoms with Gasteiger partial charge in [-0.25, -0.2) is 19.6 Å². The third-order valence-corrected chi connectivity index (χ3v) is 15.0. The number of methoxy groups -OCH3 is 1. The van der Waals surface area contributed by atoms with Gasteiger partial charge in [0, 0.05) is 44.1 Å². The fourth-order valence-corrected chi connectivity index (χ4v) is 11.3. The summed E-state index contributed by atoms with van der Waals surface area (Å²) in [4.78, 5) is 73.0. The van der Waals surface area contributed by atoms with Crippen LogP contribution >= 0.6 is 0 Å². The lowest BCUT2D eigenvalue weighted by Crippen LogP contribution is -2.54. The third-order valence-electron chi connectivity index (χ3n) is 15.0. The Morgan fingerprint density at radius 1 is 0.646 bits per heavy atom. The van der Waals surface area contributed by atoms with Crippen LogP contribution < -0.4 is 10.6 Å². The molecule has 5 N–H and O–H groups in total. The van der Waals surface area contributed by atoms with E-state index < -0.39 is 24.3 Å². The van der Waals surface area contributed by atoms with Crippen molar-refractivity contribution in [2.45, 2.75) is 87.6 Å². The van der Waals surface area contributed by atoms with Crippen LogP contribution in [0.15, 0.2) is 73.1 Å². The first-order chi connectivity index (χ1) is 31.7. The SMILES string of the molecule is COC(=O)NC(C(=O)N1[C@@H]2C[C@@H]2C[C@H]1c1ncc(-c2ccc3cc(-c4ccc(-c5cnc([C@@H]6C[C@H]7C[C@H]7N6C(=O)C(NC(=O)O)C6CCOCC6)[nH]5)cc4)ccc3c2)[nH]1)C1CCOCC1. The number of aromatic amines is 2. The molecule has 6 aliphatic rings. The molecule has 5 aromatic rings. The van der Waals surface area contributed by atoms with Crippen LogP contribution in [-0.2, 0) is 23.8 Å². The number of H-pyrrole nitrogens is 2. The summed E-state index contributed by atoms with van der Waals surface area (Å²) in [6.07, 6.45) is 8.11. The molecule has 4 saturated heterocycles. The van der Waals surface area contributed by atoms with Crippen molar-refractivity contribution < 1.29 is 38.5 Å². The van der Waals surface area contributed by atoms with Crippen molar-refractivity contribution >= 4 is 34.8 Å². The molecule has 16 heteroatoms. The van der Waals surface area contributed by atoms with Crippen LogP contribution in [0.3, 0.4) is 0 Å². The number of carboxylic acid groups (broad SMARTS) is 1. The fourth-order valence-electron chi connectivity index (χ4n) is 11.3. The molecular formula is C49H54N8O8. The van der Waals surface area contributed by atoms with E-state index >= 15 is 0 Å². The lowest BCUT2D eigenvalue weighted by Gasteiger charge is -2.35. The summed E-state index contributed by atoms with van der Waals surface area (Å²) in [5.74, 6) is 1.95. The minimum absolute atomic E-state index is 0.0245. The maximum Gasteiger partial charge on any atom is 0.407 e. The predicted molar refractivity (Wildman–Crippen MR) is 238 cm³/mol. The molecule has 4 amide bonds. The summed E-state index contributed by atoms with van der Waals surface area (Å²) in [6, 6.07) is 19.5. The molecule has 6 fully saturated rings. The molecule has 2 saturated carbocycles. The highest BCUT2D eigenvalue weighted by Gasteiger charge is 2.58. The molecule has 2 unspecified atom stereocenters. The van der Waals surface area contributed by atoms with Gasteiger partial charge in [0.25, 0.3) is 0 Å². The molecule has 11 rings (SSSR count). The van der Waals surface area contributed by atoms with E-state index in [0.717, 1.165) is 81.7 Å². The van der Waals surface area contributed by atoms with Crippen molar-refractivity contribution in [1.82, 2.24) is 40.4 Å². The van der Waals surface area contributed by atoms with Crippen LogP contribution in [-0.4, -0.2) is 117 Å². The zero-order chi connectivity index (χ0) is 44.3. The quantitative estimate of drug-likeness (QED) is 0.0936. The number of carbonyl (C=O) groups excluding carboxylic acids is 3. The van der Waals surface area contributed by atoms with E-state index in [0.29, 0.717) is 63.9 Å². The zero-order valence-corrected chi connectivity index (χ0v) is 36.3. The maximum absolute atomic E-state index is 14.3. The van der Waals surface area contributed by atoms with Crippen molar-refractivity contribution in [3.05, 3.63) is 84.7 Å². The number of piperidine rings is 2. The van der Waals surface area contributed by atoms with Crippen LogP contribution in [0.25, 0.3) is 44.4 Å². The predicted octanol–water partition coefficient (Wildman–Crippen LogP) is 6.82. The van der Waals surface area contributed by atoms with Crippen LogP contribution in [0, 0.1) is 23.7 Å². The number of hydrogen-bond acceptors (Lipinski definition) is 9. The Labute approximate surface area is 375 Å². The third kappa shape index (κ3) is 8.00. The molecule has 3 aromatic carbocycles. The molecule has 8 atom stereocenters. The van der Waals surface area contributed by atoms with E-state index in [-0.39, 0.29) is 47.8 Å². The Hall–Kier alpha value is -6.26. The van der Waals surface area contributed by atoms with Gasteiger partial charge in [-0.05, 0) is 115 Å². The summed E-state index contributed by atoms with van der Waals surface area (Å²) in [6.45, 7) is 2.17. The van der Waals surface area contributed by atoms with Gasteiger partial charge in [0.15, 0.2) is 0 Å². The summed E-state index contributed by atoms with van der Waals surface area (Å²) in [7, 11) is 1.32. The minimum atomic E-state index is -1.19. The molecule has 338 valence electrons. The first-order valence-electron chi connectivity index (χ1n) is 23.1. The molecule has 16 nitrogen and oxygen atoms in total. The Morgan fingerprint density at radius 2 is 1.11 bits per heavy atom. The molecule has 65 heavy (non-hydrogen) atoms. The number of aromatic nitrogens is 4. The lowest BCUT2D eigenvalue weighted by molar-refractivity contribution is -0.138. The van der Waals surface area contributed by atoms with E-state index in [1.807, 2.05) is 22.2 Å².